The predicted molar refractivity (Wildman–Crippen MR) is 126 cm³/mol. The Labute approximate surface area is 203 Å². The summed E-state index contributed by atoms with van der Waals surface area (Å²) in [6.07, 6.45) is -0.686. The summed E-state index contributed by atoms with van der Waals surface area (Å²) in [6.45, 7) is 1.95. The quantitative estimate of drug-likeness (QED) is 0.316. The fourth-order valence-electron chi connectivity index (χ4n) is 3.19. The highest BCUT2D eigenvalue weighted by Gasteiger charge is 2.31. The molecule has 0 aliphatic rings. The number of anilines is 1. The standard InChI is InChI=1S/C25H18ClF3N4O2/c1-2-22-30-12-10-20(32-22)18-7-4-11-31-24(18)35-17-8-9-19(26)21(14-17)33-23(34)15-5-3-6-16(13-15)25(27,28)29/h3-14H,2H2,1H3,(H,33,34). The topological polar surface area (TPSA) is 77.0 Å². The number of hydrogen-bond donors (Lipinski definition) is 1. The first-order chi connectivity index (χ1) is 16.7. The second kappa shape index (κ2) is 10.1. The molecule has 6 nitrogen and oxygen atoms in total. The number of nitrogens with zero attached hydrogens (tertiary/aromatic N) is 3. The average Bonchev–Trinajstić information content (AvgIpc) is 2.86. The number of rotatable bonds is 6. The van der Waals surface area contributed by atoms with Gasteiger partial charge in [0.25, 0.3) is 5.91 Å². The fraction of sp³-hybridized carbons (Fsp3) is 0.120. The van der Waals surface area contributed by atoms with Gasteiger partial charge in [0.05, 0.1) is 27.5 Å². The highest BCUT2D eigenvalue weighted by molar-refractivity contribution is 6.34. The van der Waals surface area contributed by atoms with Crippen molar-refractivity contribution in [3.63, 3.8) is 0 Å². The molecule has 0 unspecified atom stereocenters. The lowest BCUT2D eigenvalue weighted by Gasteiger charge is -2.13. The summed E-state index contributed by atoms with van der Waals surface area (Å²) >= 11 is 6.21. The lowest BCUT2D eigenvalue weighted by atomic mass is 10.1. The highest BCUT2D eigenvalue weighted by Crippen LogP contribution is 2.34. The Kier molecular flexibility index (Phi) is 6.97. The van der Waals surface area contributed by atoms with Crippen LogP contribution in [0.2, 0.25) is 5.02 Å². The summed E-state index contributed by atoms with van der Waals surface area (Å²) in [5, 5.41) is 2.72. The molecule has 0 saturated heterocycles. The van der Waals surface area contributed by atoms with Gasteiger partial charge < -0.3 is 10.1 Å². The maximum absolute atomic E-state index is 13.0. The first-order valence-electron chi connectivity index (χ1n) is 10.5. The number of hydrogen-bond acceptors (Lipinski definition) is 5. The number of amides is 1. The summed E-state index contributed by atoms with van der Waals surface area (Å²) in [7, 11) is 0. The Bertz CT molecular complexity index is 1380. The minimum Gasteiger partial charge on any atom is -0.438 e. The van der Waals surface area contributed by atoms with Crippen LogP contribution in [0.25, 0.3) is 11.3 Å². The van der Waals surface area contributed by atoms with E-state index in [0.717, 1.165) is 12.1 Å². The van der Waals surface area contributed by atoms with Crippen LogP contribution in [0.4, 0.5) is 18.9 Å². The molecule has 35 heavy (non-hydrogen) atoms. The number of carbonyl (C=O) groups is 1. The van der Waals surface area contributed by atoms with Gasteiger partial charge in [-0.05, 0) is 48.5 Å². The second-order valence-electron chi connectivity index (χ2n) is 7.34. The van der Waals surface area contributed by atoms with Gasteiger partial charge >= 0.3 is 6.18 Å². The summed E-state index contributed by atoms with van der Waals surface area (Å²) in [6, 6.07) is 14.0. The zero-order valence-electron chi connectivity index (χ0n) is 18.3. The van der Waals surface area contributed by atoms with Gasteiger partial charge in [0.1, 0.15) is 11.6 Å². The molecular formula is C25H18ClF3N4O2. The van der Waals surface area contributed by atoms with Crippen molar-refractivity contribution in [2.24, 2.45) is 0 Å². The van der Waals surface area contributed by atoms with Gasteiger partial charge in [0.15, 0.2) is 0 Å². The van der Waals surface area contributed by atoms with Crippen LogP contribution in [0.15, 0.2) is 73.1 Å². The van der Waals surface area contributed by atoms with E-state index in [1.165, 1.54) is 24.3 Å². The van der Waals surface area contributed by atoms with Crippen molar-refractivity contribution < 1.29 is 22.7 Å². The summed E-state index contributed by atoms with van der Waals surface area (Å²) < 4.78 is 44.9. The monoisotopic (exact) mass is 498 g/mol. The molecule has 4 rings (SSSR count). The van der Waals surface area contributed by atoms with Crippen molar-refractivity contribution in [3.05, 3.63) is 95.0 Å². The molecule has 178 valence electrons. The zero-order valence-corrected chi connectivity index (χ0v) is 19.1. The Morgan fingerprint density at radius 1 is 1.03 bits per heavy atom. The SMILES string of the molecule is CCc1nccc(-c2cccnc2Oc2ccc(Cl)c(NC(=O)c3cccc(C(F)(F)F)c3)c2)n1. The fourth-order valence-corrected chi connectivity index (χ4v) is 3.36. The number of halogens is 4. The molecule has 1 amide bonds. The van der Waals surface area contributed by atoms with Crippen LogP contribution < -0.4 is 10.1 Å². The third-order valence-electron chi connectivity index (χ3n) is 4.92. The smallest absolute Gasteiger partial charge is 0.416 e. The number of carbonyl (C=O) groups excluding carboxylic acids is 1. The molecule has 0 aliphatic carbocycles. The van der Waals surface area contributed by atoms with Crippen LogP contribution in [0.5, 0.6) is 11.6 Å². The van der Waals surface area contributed by atoms with E-state index in [-0.39, 0.29) is 22.2 Å². The van der Waals surface area contributed by atoms with Gasteiger partial charge in [-0.25, -0.2) is 15.0 Å². The van der Waals surface area contributed by atoms with Crippen molar-refractivity contribution in [2.45, 2.75) is 19.5 Å². The Balaban J connectivity index is 1.59. The van der Waals surface area contributed by atoms with Gasteiger partial charge in [-0.3, -0.25) is 4.79 Å². The minimum absolute atomic E-state index is 0.162. The van der Waals surface area contributed by atoms with E-state index in [2.05, 4.69) is 20.3 Å². The summed E-state index contributed by atoms with van der Waals surface area (Å²) in [5.41, 5.74) is 0.345. The molecule has 1 N–H and O–H groups in total. The van der Waals surface area contributed by atoms with Crippen molar-refractivity contribution in [1.29, 1.82) is 0 Å². The van der Waals surface area contributed by atoms with E-state index in [1.807, 2.05) is 6.92 Å². The Morgan fingerprint density at radius 2 is 1.86 bits per heavy atom. The van der Waals surface area contributed by atoms with Crippen LogP contribution in [-0.2, 0) is 12.6 Å². The molecule has 2 aromatic carbocycles. The van der Waals surface area contributed by atoms with Crippen LogP contribution in [-0.4, -0.2) is 20.9 Å². The highest BCUT2D eigenvalue weighted by atomic mass is 35.5. The molecule has 0 spiro atoms. The normalized spacial score (nSPS) is 11.2. The molecule has 0 bridgehead atoms. The van der Waals surface area contributed by atoms with E-state index in [9.17, 15) is 18.0 Å². The number of benzene rings is 2. The van der Waals surface area contributed by atoms with E-state index < -0.39 is 17.6 Å². The van der Waals surface area contributed by atoms with Crippen molar-refractivity contribution in [1.82, 2.24) is 15.0 Å². The van der Waals surface area contributed by atoms with Gasteiger partial charge in [0.2, 0.25) is 5.88 Å². The molecule has 2 aromatic heterocycles. The van der Waals surface area contributed by atoms with Gasteiger partial charge in [-0.1, -0.05) is 24.6 Å². The minimum atomic E-state index is -4.57. The van der Waals surface area contributed by atoms with Gasteiger partial charge in [0, 0.05) is 30.4 Å². The number of alkyl halides is 3. The predicted octanol–water partition coefficient (Wildman–Crippen LogP) is 6.82. The van der Waals surface area contributed by atoms with Crippen molar-refractivity contribution >= 4 is 23.2 Å². The molecule has 10 heteroatoms. The second-order valence-corrected chi connectivity index (χ2v) is 7.75. The number of nitrogens with one attached hydrogen (secondary N) is 1. The molecule has 0 atom stereocenters. The molecule has 0 aliphatic heterocycles. The lowest BCUT2D eigenvalue weighted by molar-refractivity contribution is -0.137. The van der Waals surface area contributed by atoms with E-state index in [1.54, 1.807) is 36.7 Å². The summed E-state index contributed by atoms with van der Waals surface area (Å²) in [4.78, 5) is 25.6. The third kappa shape index (κ3) is 5.75. The Morgan fingerprint density at radius 3 is 2.63 bits per heavy atom. The lowest BCUT2D eigenvalue weighted by Crippen LogP contribution is -2.14. The maximum atomic E-state index is 13.0. The maximum Gasteiger partial charge on any atom is 0.416 e. The first kappa shape index (κ1) is 24.2. The van der Waals surface area contributed by atoms with Gasteiger partial charge in [-0.2, -0.15) is 13.2 Å². The van der Waals surface area contributed by atoms with Crippen LogP contribution >= 0.6 is 11.6 Å². The molecule has 4 aromatic rings. The molecule has 0 radical (unpaired) electrons. The molecular weight excluding hydrogens is 481 g/mol. The van der Waals surface area contributed by atoms with E-state index in [0.29, 0.717) is 29.3 Å². The van der Waals surface area contributed by atoms with E-state index in [4.69, 9.17) is 16.3 Å². The third-order valence-corrected chi connectivity index (χ3v) is 5.25. The van der Waals surface area contributed by atoms with Crippen LogP contribution in [0.1, 0.15) is 28.7 Å². The van der Waals surface area contributed by atoms with Crippen molar-refractivity contribution in [2.75, 3.05) is 5.32 Å². The van der Waals surface area contributed by atoms with Crippen LogP contribution in [0, 0.1) is 0 Å². The number of ether oxygens (including phenoxy) is 1. The van der Waals surface area contributed by atoms with Gasteiger partial charge in [-0.15, -0.1) is 0 Å². The zero-order chi connectivity index (χ0) is 25.0. The summed E-state index contributed by atoms with van der Waals surface area (Å²) in [5.74, 6) is 0.495. The van der Waals surface area contributed by atoms with Crippen LogP contribution in [0.3, 0.4) is 0 Å². The molecule has 2 heterocycles. The molecule has 0 fully saturated rings. The molecule has 0 saturated carbocycles. The van der Waals surface area contributed by atoms with E-state index >= 15 is 0 Å². The number of aromatic nitrogens is 3. The van der Waals surface area contributed by atoms with Crippen molar-refractivity contribution in [3.8, 4) is 22.9 Å². The Hall–Kier alpha value is -3.98. The largest absolute Gasteiger partial charge is 0.438 e. The number of aryl methyl sites for hydroxylation is 1. The average molecular weight is 499 g/mol. The number of pyridine rings is 1. The first-order valence-corrected chi connectivity index (χ1v) is 10.9.